The number of benzene rings is 1. The SMILES string of the molecule is CC(CO)NS(=O)(=O)c1ccc(Cl)c(N)c1Cl. The molecule has 8 heteroatoms. The number of hydrogen-bond acceptors (Lipinski definition) is 4. The van der Waals surface area contributed by atoms with Gasteiger partial charge in [-0.2, -0.15) is 0 Å². The Morgan fingerprint density at radius 3 is 2.59 bits per heavy atom. The van der Waals surface area contributed by atoms with Crippen molar-refractivity contribution in [1.82, 2.24) is 4.72 Å². The zero-order valence-corrected chi connectivity index (χ0v) is 11.3. The van der Waals surface area contributed by atoms with E-state index in [0.29, 0.717) is 0 Å². The Hall–Kier alpha value is -0.530. The fourth-order valence-electron chi connectivity index (χ4n) is 1.12. The van der Waals surface area contributed by atoms with E-state index in [1.807, 2.05) is 0 Å². The highest BCUT2D eigenvalue weighted by Gasteiger charge is 2.22. The fourth-order valence-corrected chi connectivity index (χ4v) is 3.12. The molecule has 0 saturated heterocycles. The second kappa shape index (κ2) is 5.41. The van der Waals surface area contributed by atoms with Crippen LogP contribution in [0, 0.1) is 0 Å². The summed E-state index contributed by atoms with van der Waals surface area (Å²) in [4.78, 5) is -0.165. The molecule has 0 radical (unpaired) electrons. The zero-order chi connectivity index (χ0) is 13.2. The van der Waals surface area contributed by atoms with Crippen LogP contribution in [-0.4, -0.2) is 26.2 Å². The summed E-state index contributed by atoms with van der Waals surface area (Å²) in [5.74, 6) is 0. The molecule has 0 fully saturated rings. The number of anilines is 1. The number of nitrogens with one attached hydrogen (secondary N) is 1. The first-order valence-electron chi connectivity index (χ1n) is 4.66. The summed E-state index contributed by atoms with van der Waals surface area (Å²) in [6, 6.07) is 1.99. The van der Waals surface area contributed by atoms with E-state index in [1.165, 1.54) is 19.1 Å². The van der Waals surface area contributed by atoms with Crippen LogP contribution >= 0.6 is 23.2 Å². The van der Waals surface area contributed by atoms with Crippen molar-refractivity contribution in [3.63, 3.8) is 0 Å². The molecule has 5 nitrogen and oxygen atoms in total. The molecule has 1 atom stereocenters. The van der Waals surface area contributed by atoms with Crippen molar-refractivity contribution in [2.75, 3.05) is 12.3 Å². The van der Waals surface area contributed by atoms with Gasteiger partial charge in [0.25, 0.3) is 0 Å². The second-order valence-electron chi connectivity index (χ2n) is 3.48. The number of halogens is 2. The Morgan fingerprint density at radius 1 is 1.47 bits per heavy atom. The smallest absolute Gasteiger partial charge is 0.242 e. The average molecular weight is 299 g/mol. The predicted octanol–water partition coefficient (Wildman–Crippen LogP) is 1.23. The molecule has 0 aliphatic carbocycles. The van der Waals surface area contributed by atoms with Crippen molar-refractivity contribution < 1.29 is 13.5 Å². The first kappa shape index (κ1) is 14.5. The van der Waals surface area contributed by atoms with Crippen molar-refractivity contribution >= 4 is 38.9 Å². The lowest BCUT2D eigenvalue weighted by molar-refractivity contribution is 0.265. The maximum Gasteiger partial charge on any atom is 0.242 e. The molecule has 0 bridgehead atoms. The van der Waals surface area contributed by atoms with E-state index < -0.39 is 16.1 Å². The lowest BCUT2D eigenvalue weighted by Crippen LogP contribution is -2.35. The van der Waals surface area contributed by atoms with Gasteiger partial charge in [-0.3, -0.25) is 0 Å². The molecule has 0 heterocycles. The molecule has 1 rings (SSSR count). The first-order chi connectivity index (χ1) is 7.79. The van der Waals surface area contributed by atoms with Gasteiger partial charge < -0.3 is 10.8 Å². The van der Waals surface area contributed by atoms with Crippen LogP contribution in [0.15, 0.2) is 17.0 Å². The minimum atomic E-state index is -3.82. The van der Waals surface area contributed by atoms with E-state index in [1.54, 1.807) is 0 Å². The number of sulfonamides is 1. The Morgan fingerprint density at radius 2 is 2.06 bits per heavy atom. The number of nitrogen functional groups attached to an aromatic ring is 1. The van der Waals surface area contributed by atoms with Crippen molar-refractivity contribution in [2.24, 2.45) is 0 Å². The molecule has 0 aliphatic rings. The highest BCUT2D eigenvalue weighted by molar-refractivity contribution is 7.89. The van der Waals surface area contributed by atoms with Crippen LogP contribution in [0.25, 0.3) is 0 Å². The molecule has 0 amide bonds. The predicted molar refractivity (Wildman–Crippen MR) is 67.7 cm³/mol. The fraction of sp³-hybridized carbons (Fsp3) is 0.333. The van der Waals surface area contributed by atoms with Crippen LogP contribution in [0.1, 0.15) is 6.92 Å². The molecule has 1 aromatic rings. The molecule has 0 aromatic heterocycles. The quantitative estimate of drug-likeness (QED) is 0.729. The van der Waals surface area contributed by atoms with E-state index in [4.69, 9.17) is 34.0 Å². The molecule has 0 saturated carbocycles. The van der Waals surface area contributed by atoms with Crippen LogP contribution in [0.2, 0.25) is 10.0 Å². The maximum atomic E-state index is 11.9. The minimum Gasteiger partial charge on any atom is -0.396 e. The van der Waals surface area contributed by atoms with Crippen LogP contribution in [-0.2, 0) is 10.0 Å². The summed E-state index contributed by atoms with van der Waals surface area (Å²) in [7, 11) is -3.82. The highest BCUT2D eigenvalue weighted by atomic mass is 35.5. The zero-order valence-electron chi connectivity index (χ0n) is 8.94. The molecule has 96 valence electrons. The summed E-state index contributed by atoms with van der Waals surface area (Å²) in [5, 5.41) is 8.86. The van der Waals surface area contributed by atoms with E-state index in [-0.39, 0.29) is 27.2 Å². The minimum absolute atomic E-state index is 0.00728. The van der Waals surface area contributed by atoms with E-state index >= 15 is 0 Å². The van der Waals surface area contributed by atoms with E-state index in [2.05, 4.69) is 4.72 Å². The van der Waals surface area contributed by atoms with Gasteiger partial charge in [-0.1, -0.05) is 23.2 Å². The Bertz CT molecular complexity index is 519. The average Bonchev–Trinajstić information content (AvgIpc) is 2.24. The first-order valence-corrected chi connectivity index (χ1v) is 6.90. The number of nitrogens with two attached hydrogens (primary N) is 1. The standard InChI is InChI=1S/C9H12Cl2N2O3S/c1-5(4-14)13-17(15,16)7-3-2-6(10)9(12)8(7)11/h2-3,5,13-14H,4,12H2,1H3. The van der Waals surface area contributed by atoms with E-state index in [0.717, 1.165) is 0 Å². The van der Waals surface area contributed by atoms with E-state index in [9.17, 15) is 8.42 Å². The summed E-state index contributed by atoms with van der Waals surface area (Å²) in [6.07, 6.45) is 0. The summed E-state index contributed by atoms with van der Waals surface area (Å²) in [6.45, 7) is 1.20. The Kier molecular flexibility index (Phi) is 4.62. The van der Waals surface area contributed by atoms with Crippen molar-refractivity contribution in [3.05, 3.63) is 22.2 Å². The monoisotopic (exact) mass is 298 g/mol. The molecule has 1 unspecified atom stereocenters. The number of hydrogen-bond donors (Lipinski definition) is 3. The largest absolute Gasteiger partial charge is 0.396 e. The van der Waals surface area contributed by atoms with Gasteiger partial charge in [0, 0.05) is 6.04 Å². The summed E-state index contributed by atoms with van der Waals surface area (Å²) in [5.41, 5.74) is 5.54. The lowest BCUT2D eigenvalue weighted by atomic mass is 10.3. The van der Waals surface area contributed by atoms with Crippen LogP contribution < -0.4 is 10.5 Å². The third kappa shape index (κ3) is 3.23. The van der Waals surface area contributed by atoms with Gasteiger partial charge in [0.05, 0.1) is 22.3 Å². The second-order valence-corrected chi connectivity index (χ2v) is 5.95. The number of aliphatic hydroxyl groups excluding tert-OH is 1. The Labute approximate surface area is 110 Å². The van der Waals surface area contributed by atoms with Crippen molar-refractivity contribution in [3.8, 4) is 0 Å². The molecule has 1 aromatic carbocycles. The molecule has 4 N–H and O–H groups in total. The lowest BCUT2D eigenvalue weighted by Gasteiger charge is -2.13. The molecular formula is C9H12Cl2N2O3S. The van der Waals surface area contributed by atoms with Crippen LogP contribution in [0.4, 0.5) is 5.69 Å². The van der Waals surface area contributed by atoms with Gasteiger partial charge in [0.15, 0.2) is 0 Å². The van der Waals surface area contributed by atoms with Crippen LogP contribution in [0.3, 0.4) is 0 Å². The topological polar surface area (TPSA) is 92.4 Å². The van der Waals surface area contributed by atoms with Crippen molar-refractivity contribution in [2.45, 2.75) is 17.9 Å². The molecule has 0 spiro atoms. The Balaban J connectivity index is 3.21. The van der Waals surface area contributed by atoms with Gasteiger partial charge in [0.1, 0.15) is 4.90 Å². The molecule has 0 aliphatic heterocycles. The number of rotatable bonds is 4. The maximum absolute atomic E-state index is 11.9. The third-order valence-corrected chi connectivity index (χ3v) is 4.49. The normalized spacial score (nSPS) is 13.6. The summed E-state index contributed by atoms with van der Waals surface area (Å²) < 4.78 is 26.0. The van der Waals surface area contributed by atoms with Crippen LogP contribution in [0.5, 0.6) is 0 Å². The van der Waals surface area contributed by atoms with Gasteiger partial charge in [-0.15, -0.1) is 0 Å². The van der Waals surface area contributed by atoms with Gasteiger partial charge in [-0.05, 0) is 19.1 Å². The third-order valence-electron chi connectivity index (χ3n) is 2.01. The molecular weight excluding hydrogens is 287 g/mol. The van der Waals surface area contributed by atoms with Gasteiger partial charge in [0.2, 0.25) is 10.0 Å². The number of aliphatic hydroxyl groups is 1. The van der Waals surface area contributed by atoms with Gasteiger partial charge >= 0.3 is 0 Å². The highest BCUT2D eigenvalue weighted by Crippen LogP contribution is 2.32. The van der Waals surface area contributed by atoms with Crippen molar-refractivity contribution in [1.29, 1.82) is 0 Å². The van der Waals surface area contributed by atoms with Gasteiger partial charge in [-0.25, -0.2) is 13.1 Å². The summed E-state index contributed by atoms with van der Waals surface area (Å²) >= 11 is 11.5. The molecule has 17 heavy (non-hydrogen) atoms.